The Kier molecular flexibility index (Phi) is 6.71. The molecule has 34 heavy (non-hydrogen) atoms. The van der Waals surface area contributed by atoms with Gasteiger partial charge in [-0.3, -0.25) is 0 Å². The molecule has 184 valence electrons. The second-order valence-corrected chi connectivity index (χ2v) is 8.82. The number of anilines is 1. The lowest BCUT2D eigenvalue weighted by Crippen LogP contribution is -2.19. The largest absolute Gasteiger partial charge is 0.573 e. The highest BCUT2D eigenvalue weighted by atomic mass is 19.4. The monoisotopic (exact) mass is 482 g/mol. The second-order valence-electron chi connectivity index (χ2n) is 8.82. The number of nitrogens with zero attached hydrogens (tertiary/aromatic N) is 2. The Morgan fingerprint density at radius 2 is 1.94 bits per heavy atom. The van der Waals surface area contributed by atoms with Crippen LogP contribution in [0.4, 0.5) is 27.6 Å². The number of rotatable bonds is 4. The number of nitrogen functional groups attached to an aromatic ring is 1. The third-order valence-electron chi connectivity index (χ3n) is 6.01. The maximum atomic E-state index is 15.4. The Bertz CT molecular complexity index is 1180. The van der Waals surface area contributed by atoms with Gasteiger partial charge in [-0.25, -0.2) is 13.8 Å². The van der Waals surface area contributed by atoms with Gasteiger partial charge < -0.3 is 20.4 Å². The number of nitrogens with two attached hydrogens (primary N) is 1. The van der Waals surface area contributed by atoms with Crippen LogP contribution in [0.1, 0.15) is 44.8 Å². The summed E-state index contributed by atoms with van der Waals surface area (Å²) < 4.78 is 73.7. The Morgan fingerprint density at radius 3 is 2.47 bits per heavy atom. The molecule has 10 heteroatoms. The highest BCUT2D eigenvalue weighted by molar-refractivity contribution is 5.88. The first-order valence-electron chi connectivity index (χ1n) is 11.3. The highest BCUT2D eigenvalue weighted by Crippen LogP contribution is 2.43. The smallest absolute Gasteiger partial charge is 0.402 e. The summed E-state index contributed by atoms with van der Waals surface area (Å²) in [6, 6.07) is 3.59. The lowest BCUT2D eigenvalue weighted by atomic mass is 10.0. The third kappa shape index (κ3) is 5.11. The molecule has 1 unspecified atom stereocenters. The first-order chi connectivity index (χ1) is 16.1. The minimum Gasteiger partial charge on any atom is -0.402 e. The number of alkyl halides is 3. The Hall–Kier alpha value is -2.88. The Morgan fingerprint density at radius 1 is 1.21 bits per heavy atom. The summed E-state index contributed by atoms with van der Waals surface area (Å²) in [6.45, 7) is 6.55. The standard InChI is InChI=1S/C19H16F5N3O.C5H11N/c1-2-14-11-5-6-27(10-3-4-10)17(11)15(21)16(26-14)12-7-9(25)8-13(20)18(12)28-19(22,23)24;1-5-2-3-6-4-5/h5-8,10H,2-4,25H2,1H3;5-6H,2-4H2,1H3. The van der Waals surface area contributed by atoms with Crippen molar-refractivity contribution in [2.75, 3.05) is 18.8 Å². The fourth-order valence-corrected chi connectivity index (χ4v) is 4.18. The van der Waals surface area contributed by atoms with Gasteiger partial charge in [0.05, 0.1) is 16.8 Å². The maximum absolute atomic E-state index is 15.4. The van der Waals surface area contributed by atoms with Crippen molar-refractivity contribution < 1.29 is 26.7 Å². The SMILES string of the molecule is CC1CCNC1.CCc1nc(-c2cc(N)cc(F)c2OC(F)(F)F)c(F)c2c1ccn2C1CC1. The summed E-state index contributed by atoms with van der Waals surface area (Å²) >= 11 is 0. The molecule has 2 fully saturated rings. The summed E-state index contributed by atoms with van der Waals surface area (Å²) in [7, 11) is 0. The van der Waals surface area contributed by atoms with E-state index in [4.69, 9.17) is 5.73 Å². The molecule has 1 saturated heterocycles. The number of pyridine rings is 1. The van der Waals surface area contributed by atoms with Crippen molar-refractivity contribution in [2.45, 2.75) is 51.9 Å². The summed E-state index contributed by atoms with van der Waals surface area (Å²) in [5, 5.41) is 3.85. The van der Waals surface area contributed by atoms with Crippen LogP contribution in [0.3, 0.4) is 0 Å². The molecule has 5 rings (SSSR count). The summed E-state index contributed by atoms with van der Waals surface area (Å²) in [4.78, 5) is 4.20. The molecule has 3 N–H and O–H groups in total. The van der Waals surface area contributed by atoms with Crippen LogP contribution in [0, 0.1) is 17.6 Å². The van der Waals surface area contributed by atoms with Gasteiger partial charge in [0.2, 0.25) is 0 Å². The van der Waals surface area contributed by atoms with E-state index in [0.29, 0.717) is 23.6 Å². The van der Waals surface area contributed by atoms with E-state index in [1.165, 1.54) is 19.5 Å². The van der Waals surface area contributed by atoms with Crippen LogP contribution in [0.2, 0.25) is 0 Å². The average Bonchev–Trinajstić information content (AvgIpc) is 3.31. The second kappa shape index (κ2) is 9.40. The van der Waals surface area contributed by atoms with Crippen LogP contribution >= 0.6 is 0 Å². The molecule has 0 bridgehead atoms. The number of aryl methyl sites for hydroxylation is 1. The minimum atomic E-state index is -5.16. The van der Waals surface area contributed by atoms with Gasteiger partial charge in [0, 0.05) is 29.4 Å². The summed E-state index contributed by atoms with van der Waals surface area (Å²) in [5.74, 6) is -2.39. The van der Waals surface area contributed by atoms with E-state index < -0.39 is 35.0 Å². The van der Waals surface area contributed by atoms with Crippen LogP contribution in [0.5, 0.6) is 5.75 Å². The van der Waals surface area contributed by atoms with E-state index in [2.05, 4.69) is 22.0 Å². The van der Waals surface area contributed by atoms with Crippen molar-refractivity contribution in [1.29, 1.82) is 0 Å². The van der Waals surface area contributed by atoms with Gasteiger partial charge in [-0.15, -0.1) is 13.2 Å². The molecule has 0 amide bonds. The van der Waals surface area contributed by atoms with Gasteiger partial charge in [0.1, 0.15) is 5.69 Å². The van der Waals surface area contributed by atoms with Crippen molar-refractivity contribution >= 4 is 16.6 Å². The number of aromatic nitrogens is 2. The Labute approximate surface area is 194 Å². The van der Waals surface area contributed by atoms with Gasteiger partial charge in [-0.05, 0) is 56.8 Å². The lowest BCUT2D eigenvalue weighted by molar-refractivity contribution is -0.275. The molecule has 1 saturated carbocycles. The quantitative estimate of drug-likeness (QED) is 0.355. The molecule has 2 aliphatic rings. The number of hydrogen-bond donors (Lipinski definition) is 2. The Balaban J connectivity index is 0.000000398. The first kappa shape index (κ1) is 24.3. The van der Waals surface area contributed by atoms with Gasteiger partial charge in [0.15, 0.2) is 17.4 Å². The van der Waals surface area contributed by atoms with E-state index in [1.54, 1.807) is 23.8 Å². The first-order valence-corrected chi connectivity index (χ1v) is 11.3. The fraction of sp³-hybridized carbons (Fsp3) is 0.458. The molecule has 0 spiro atoms. The van der Waals surface area contributed by atoms with Crippen molar-refractivity contribution in [3.63, 3.8) is 0 Å². The molecule has 1 aromatic carbocycles. The zero-order chi connectivity index (χ0) is 24.6. The number of halogens is 5. The zero-order valence-electron chi connectivity index (χ0n) is 19.0. The van der Waals surface area contributed by atoms with E-state index in [0.717, 1.165) is 24.8 Å². The van der Waals surface area contributed by atoms with Crippen LogP contribution in [-0.2, 0) is 6.42 Å². The molecule has 1 aliphatic carbocycles. The van der Waals surface area contributed by atoms with Crippen molar-refractivity contribution in [2.24, 2.45) is 5.92 Å². The van der Waals surface area contributed by atoms with Gasteiger partial charge in [0.25, 0.3) is 0 Å². The molecule has 5 nitrogen and oxygen atoms in total. The number of ether oxygens (including phenoxy) is 1. The van der Waals surface area contributed by atoms with Crippen LogP contribution in [0.25, 0.3) is 22.2 Å². The van der Waals surface area contributed by atoms with E-state index in [1.807, 2.05) is 0 Å². The molecule has 0 radical (unpaired) electrons. The number of hydrogen-bond acceptors (Lipinski definition) is 4. The molecular weight excluding hydrogens is 455 g/mol. The van der Waals surface area contributed by atoms with E-state index in [9.17, 15) is 17.6 Å². The minimum absolute atomic E-state index is 0.135. The molecule has 3 aromatic rings. The third-order valence-corrected chi connectivity index (χ3v) is 6.01. The highest BCUT2D eigenvalue weighted by Gasteiger charge is 2.35. The molecular formula is C24H27F5N4O. The molecule has 1 aliphatic heterocycles. The van der Waals surface area contributed by atoms with Crippen molar-refractivity contribution in [3.8, 4) is 17.0 Å². The van der Waals surface area contributed by atoms with Crippen LogP contribution in [-0.4, -0.2) is 29.0 Å². The van der Waals surface area contributed by atoms with Gasteiger partial charge in [-0.2, -0.15) is 0 Å². The molecule has 3 heterocycles. The zero-order valence-corrected chi connectivity index (χ0v) is 19.0. The lowest BCUT2D eigenvalue weighted by Gasteiger charge is -2.16. The average molecular weight is 482 g/mol. The van der Waals surface area contributed by atoms with E-state index in [-0.39, 0.29) is 17.2 Å². The topological polar surface area (TPSA) is 65.1 Å². The molecule has 1 atom stereocenters. The molecule has 2 aromatic heterocycles. The number of benzene rings is 1. The van der Waals surface area contributed by atoms with Gasteiger partial charge >= 0.3 is 6.36 Å². The van der Waals surface area contributed by atoms with Crippen molar-refractivity contribution in [1.82, 2.24) is 14.9 Å². The number of nitrogens with one attached hydrogen (secondary N) is 1. The van der Waals surface area contributed by atoms with Crippen LogP contribution < -0.4 is 15.8 Å². The maximum Gasteiger partial charge on any atom is 0.573 e. The summed E-state index contributed by atoms with van der Waals surface area (Å²) in [5.41, 5.74) is 5.26. The van der Waals surface area contributed by atoms with Crippen molar-refractivity contribution in [3.05, 3.63) is 41.7 Å². The predicted molar refractivity (Wildman–Crippen MR) is 120 cm³/mol. The predicted octanol–water partition coefficient (Wildman–Crippen LogP) is 5.98. The van der Waals surface area contributed by atoms with Gasteiger partial charge in [-0.1, -0.05) is 13.8 Å². The van der Waals surface area contributed by atoms with Crippen LogP contribution in [0.15, 0.2) is 24.4 Å². The van der Waals surface area contributed by atoms with E-state index >= 15 is 4.39 Å². The fourth-order valence-electron chi connectivity index (χ4n) is 4.18. The summed E-state index contributed by atoms with van der Waals surface area (Å²) in [6.07, 6.45) is 0.144. The normalized spacial score (nSPS) is 18.1. The number of fused-ring (bicyclic) bond motifs is 1.